The molecule has 0 aromatic carbocycles. The Morgan fingerprint density at radius 2 is 1.87 bits per heavy atom. The van der Waals surface area contributed by atoms with Crippen LogP contribution in [0, 0.1) is 0 Å². The van der Waals surface area contributed by atoms with Crippen LogP contribution in [0.25, 0.3) is 0 Å². The molecule has 0 amide bonds. The molecule has 0 aromatic rings. The van der Waals surface area contributed by atoms with E-state index in [2.05, 4.69) is 4.74 Å². The Hall–Kier alpha value is -1.14. The Balaban J connectivity index is 3.13. The smallest absolute Gasteiger partial charge is 0.309 e. The van der Waals surface area contributed by atoms with Gasteiger partial charge in [-0.2, -0.15) is 0 Å². The van der Waals surface area contributed by atoms with Gasteiger partial charge in [0, 0.05) is 7.11 Å². The van der Waals surface area contributed by atoms with Crippen molar-refractivity contribution in [2.75, 3.05) is 40.1 Å². The SMILES string of the molecule is COCCOCCOC(=O)CCOC=O. The molecule has 6 heteroatoms. The first-order chi connectivity index (χ1) is 7.31. The highest BCUT2D eigenvalue weighted by atomic mass is 16.6. The minimum atomic E-state index is -0.410. The molecule has 0 heterocycles. The van der Waals surface area contributed by atoms with Gasteiger partial charge in [-0.3, -0.25) is 9.59 Å². The first kappa shape index (κ1) is 13.9. The molecule has 0 atom stereocenters. The normalized spacial score (nSPS) is 9.67. The van der Waals surface area contributed by atoms with Gasteiger partial charge in [-0.25, -0.2) is 0 Å². The van der Waals surface area contributed by atoms with Crippen molar-refractivity contribution in [1.82, 2.24) is 0 Å². The first-order valence-corrected chi connectivity index (χ1v) is 4.58. The summed E-state index contributed by atoms with van der Waals surface area (Å²) in [5, 5.41) is 0. The van der Waals surface area contributed by atoms with Crippen molar-refractivity contribution in [3.63, 3.8) is 0 Å². The number of hydrogen-bond donors (Lipinski definition) is 0. The van der Waals surface area contributed by atoms with Crippen LogP contribution in [0.2, 0.25) is 0 Å². The molecule has 0 bridgehead atoms. The van der Waals surface area contributed by atoms with Crippen LogP contribution in [0.3, 0.4) is 0 Å². The molecule has 0 spiro atoms. The Bertz CT molecular complexity index is 170. The van der Waals surface area contributed by atoms with E-state index in [9.17, 15) is 9.59 Å². The Morgan fingerprint density at radius 1 is 1.13 bits per heavy atom. The van der Waals surface area contributed by atoms with Crippen molar-refractivity contribution < 1.29 is 28.5 Å². The molecule has 0 saturated heterocycles. The van der Waals surface area contributed by atoms with Crippen LogP contribution < -0.4 is 0 Å². The summed E-state index contributed by atoms with van der Waals surface area (Å²) >= 11 is 0. The molecular formula is C9H16O6. The molecular weight excluding hydrogens is 204 g/mol. The fraction of sp³-hybridized carbons (Fsp3) is 0.778. The van der Waals surface area contributed by atoms with E-state index in [0.717, 1.165) is 0 Å². The maximum absolute atomic E-state index is 10.9. The van der Waals surface area contributed by atoms with Crippen molar-refractivity contribution in [1.29, 1.82) is 0 Å². The Morgan fingerprint density at radius 3 is 2.53 bits per heavy atom. The largest absolute Gasteiger partial charge is 0.467 e. The van der Waals surface area contributed by atoms with E-state index in [0.29, 0.717) is 26.3 Å². The van der Waals surface area contributed by atoms with Crippen LogP contribution in [0.4, 0.5) is 0 Å². The summed E-state index contributed by atoms with van der Waals surface area (Å²) < 4.78 is 18.9. The number of rotatable bonds is 10. The van der Waals surface area contributed by atoms with Crippen LogP contribution in [0.1, 0.15) is 6.42 Å². The summed E-state index contributed by atoms with van der Waals surface area (Å²) in [5.41, 5.74) is 0. The zero-order valence-corrected chi connectivity index (χ0v) is 8.77. The lowest BCUT2D eigenvalue weighted by atomic mass is 10.5. The monoisotopic (exact) mass is 220 g/mol. The lowest BCUT2D eigenvalue weighted by molar-refractivity contribution is -0.147. The third kappa shape index (κ3) is 10.8. The highest BCUT2D eigenvalue weighted by Crippen LogP contribution is 1.87. The quantitative estimate of drug-likeness (QED) is 0.287. The van der Waals surface area contributed by atoms with Crippen molar-refractivity contribution in [2.45, 2.75) is 6.42 Å². The van der Waals surface area contributed by atoms with Gasteiger partial charge in [0.15, 0.2) is 0 Å². The zero-order chi connectivity index (χ0) is 11.4. The number of carbonyl (C=O) groups is 2. The summed E-state index contributed by atoms with van der Waals surface area (Å²) in [6.45, 7) is 1.87. The average molecular weight is 220 g/mol. The molecule has 0 aliphatic rings. The second kappa shape index (κ2) is 10.9. The van der Waals surface area contributed by atoms with E-state index < -0.39 is 5.97 Å². The van der Waals surface area contributed by atoms with E-state index in [-0.39, 0.29) is 19.6 Å². The number of hydrogen-bond acceptors (Lipinski definition) is 6. The summed E-state index contributed by atoms with van der Waals surface area (Å²) in [7, 11) is 1.58. The third-order valence-corrected chi connectivity index (χ3v) is 1.41. The van der Waals surface area contributed by atoms with Gasteiger partial charge in [-0.15, -0.1) is 0 Å². The second-order valence-electron chi connectivity index (χ2n) is 2.54. The van der Waals surface area contributed by atoms with Gasteiger partial charge in [0.25, 0.3) is 6.47 Å². The van der Waals surface area contributed by atoms with E-state index in [1.54, 1.807) is 7.11 Å². The van der Waals surface area contributed by atoms with Crippen LogP contribution in [-0.4, -0.2) is 52.6 Å². The van der Waals surface area contributed by atoms with E-state index in [1.807, 2.05) is 0 Å². The predicted octanol–water partition coefficient (Wildman–Crippen LogP) is -0.244. The van der Waals surface area contributed by atoms with Crippen molar-refractivity contribution in [3.05, 3.63) is 0 Å². The van der Waals surface area contributed by atoms with Gasteiger partial charge in [0.1, 0.15) is 13.2 Å². The standard InChI is InChI=1S/C9H16O6/c1-12-4-5-13-6-7-15-9(11)2-3-14-8-10/h8H,2-7H2,1H3. The molecule has 0 aliphatic carbocycles. The molecule has 0 fully saturated rings. The van der Waals surface area contributed by atoms with Crippen LogP contribution in [-0.2, 0) is 28.5 Å². The Kier molecular flexibility index (Phi) is 10.1. The summed E-state index contributed by atoms with van der Waals surface area (Å²) in [5.74, 6) is -0.410. The number of carbonyl (C=O) groups excluding carboxylic acids is 2. The highest BCUT2D eigenvalue weighted by molar-refractivity contribution is 5.69. The predicted molar refractivity (Wildman–Crippen MR) is 50.3 cm³/mol. The van der Waals surface area contributed by atoms with Crippen molar-refractivity contribution in [2.24, 2.45) is 0 Å². The van der Waals surface area contributed by atoms with Gasteiger partial charge in [0.2, 0.25) is 0 Å². The van der Waals surface area contributed by atoms with Gasteiger partial charge < -0.3 is 18.9 Å². The molecule has 0 saturated carbocycles. The highest BCUT2D eigenvalue weighted by Gasteiger charge is 2.01. The average Bonchev–Trinajstić information content (AvgIpc) is 2.23. The van der Waals surface area contributed by atoms with E-state index >= 15 is 0 Å². The van der Waals surface area contributed by atoms with E-state index in [1.165, 1.54) is 0 Å². The number of methoxy groups -OCH3 is 1. The molecule has 15 heavy (non-hydrogen) atoms. The molecule has 0 radical (unpaired) electrons. The van der Waals surface area contributed by atoms with Gasteiger partial charge >= 0.3 is 5.97 Å². The minimum Gasteiger partial charge on any atom is -0.467 e. The fourth-order valence-corrected chi connectivity index (χ4v) is 0.721. The van der Waals surface area contributed by atoms with Crippen LogP contribution in [0.5, 0.6) is 0 Å². The summed E-state index contributed by atoms with van der Waals surface area (Å²) in [6.07, 6.45) is 0.0663. The lowest BCUT2D eigenvalue weighted by Gasteiger charge is -2.05. The molecule has 0 aliphatic heterocycles. The molecule has 0 rings (SSSR count). The lowest BCUT2D eigenvalue weighted by Crippen LogP contribution is -2.13. The number of ether oxygens (including phenoxy) is 4. The van der Waals surface area contributed by atoms with Gasteiger partial charge in [-0.1, -0.05) is 0 Å². The molecule has 0 aromatic heterocycles. The van der Waals surface area contributed by atoms with Crippen molar-refractivity contribution >= 4 is 12.4 Å². The summed E-state index contributed by atoms with van der Waals surface area (Å²) in [6, 6.07) is 0. The maximum atomic E-state index is 10.9. The zero-order valence-electron chi connectivity index (χ0n) is 8.77. The molecule has 0 unspecified atom stereocenters. The number of esters is 1. The maximum Gasteiger partial charge on any atom is 0.309 e. The van der Waals surface area contributed by atoms with E-state index in [4.69, 9.17) is 14.2 Å². The first-order valence-electron chi connectivity index (χ1n) is 4.58. The van der Waals surface area contributed by atoms with Crippen molar-refractivity contribution in [3.8, 4) is 0 Å². The van der Waals surface area contributed by atoms with Gasteiger partial charge in [0.05, 0.1) is 26.2 Å². The summed E-state index contributed by atoms with van der Waals surface area (Å²) in [4.78, 5) is 20.6. The fourth-order valence-electron chi connectivity index (χ4n) is 0.721. The molecule has 0 N–H and O–H groups in total. The second-order valence-corrected chi connectivity index (χ2v) is 2.54. The molecule has 88 valence electrons. The van der Waals surface area contributed by atoms with Crippen LogP contribution in [0.15, 0.2) is 0 Å². The Labute approximate surface area is 88.4 Å². The molecule has 6 nitrogen and oxygen atoms in total. The van der Waals surface area contributed by atoms with Crippen LogP contribution >= 0.6 is 0 Å². The third-order valence-electron chi connectivity index (χ3n) is 1.41. The topological polar surface area (TPSA) is 71.1 Å². The van der Waals surface area contributed by atoms with Gasteiger partial charge in [-0.05, 0) is 0 Å². The minimum absolute atomic E-state index is 0.0485.